The van der Waals surface area contributed by atoms with Crippen molar-refractivity contribution < 1.29 is 14.3 Å². The van der Waals surface area contributed by atoms with Gasteiger partial charge in [-0.2, -0.15) is 0 Å². The number of esters is 1. The Bertz CT molecular complexity index is 737. The number of hydrogen-bond donors (Lipinski definition) is 1. The molecule has 2 rings (SSSR count). The minimum Gasteiger partial charge on any atom is -0.449 e. The average Bonchev–Trinajstić information content (AvgIpc) is 2.50. The summed E-state index contributed by atoms with van der Waals surface area (Å²) in [6, 6.07) is 12.9. The number of carbonyl (C=O) groups is 2. The summed E-state index contributed by atoms with van der Waals surface area (Å²) in [6.07, 6.45) is -0.872. The van der Waals surface area contributed by atoms with E-state index < -0.39 is 12.1 Å². The highest BCUT2D eigenvalue weighted by atomic mass is 16.5. The number of nitrogens with one attached hydrogen (secondary N) is 1. The molecule has 0 fully saturated rings. The molecule has 2 aromatic rings. The van der Waals surface area contributed by atoms with E-state index in [1.165, 1.54) is 0 Å². The van der Waals surface area contributed by atoms with Crippen LogP contribution in [0.5, 0.6) is 0 Å². The summed E-state index contributed by atoms with van der Waals surface area (Å²) in [6.45, 7) is 7.31. The number of hydrogen-bond acceptors (Lipinski definition) is 3. The molecule has 1 atom stereocenters. The van der Waals surface area contributed by atoms with Gasteiger partial charge in [0.1, 0.15) is 0 Å². The highest BCUT2D eigenvalue weighted by Crippen LogP contribution is 2.17. The van der Waals surface area contributed by atoms with Crippen LogP contribution in [0.1, 0.15) is 34.0 Å². The lowest BCUT2D eigenvalue weighted by Gasteiger charge is -2.15. The second-order valence-corrected chi connectivity index (χ2v) is 5.67. The van der Waals surface area contributed by atoms with Crippen LogP contribution in [0.25, 0.3) is 0 Å². The smallest absolute Gasteiger partial charge is 0.339 e. The topological polar surface area (TPSA) is 55.4 Å². The van der Waals surface area contributed by atoms with E-state index in [4.69, 9.17) is 4.74 Å². The van der Waals surface area contributed by atoms with E-state index in [0.29, 0.717) is 5.56 Å². The van der Waals surface area contributed by atoms with Gasteiger partial charge < -0.3 is 10.1 Å². The van der Waals surface area contributed by atoms with Gasteiger partial charge in [0, 0.05) is 5.69 Å². The molecular weight excluding hydrogens is 290 g/mol. The molecule has 0 aliphatic heterocycles. The third-order valence-electron chi connectivity index (χ3n) is 3.66. The van der Waals surface area contributed by atoms with Crippen LogP contribution in [0.4, 0.5) is 5.69 Å². The molecule has 0 heterocycles. The van der Waals surface area contributed by atoms with Crippen molar-refractivity contribution >= 4 is 17.6 Å². The Kier molecular flexibility index (Phi) is 5.16. The van der Waals surface area contributed by atoms with Gasteiger partial charge in [-0.3, -0.25) is 4.79 Å². The van der Waals surface area contributed by atoms with Crippen LogP contribution in [0.15, 0.2) is 42.5 Å². The van der Waals surface area contributed by atoms with Crippen molar-refractivity contribution in [2.45, 2.75) is 33.8 Å². The number of amides is 1. The number of ether oxygens (including phenoxy) is 1. The Balaban J connectivity index is 2.03. The lowest BCUT2D eigenvalue weighted by Crippen LogP contribution is -2.30. The summed E-state index contributed by atoms with van der Waals surface area (Å²) in [4.78, 5) is 24.4. The molecule has 0 bridgehead atoms. The molecule has 0 aromatic heterocycles. The lowest BCUT2D eigenvalue weighted by molar-refractivity contribution is -0.123. The fourth-order valence-electron chi connectivity index (χ4n) is 2.27. The first-order chi connectivity index (χ1) is 10.9. The Labute approximate surface area is 136 Å². The molecular formula is C19H21NO3. The molecule has 120 valence electrons. The Morgan fingerprint density at radius 2 is 1.70 bits per heavy atom. The predicted molar refractivity (Wildman–Crippen MR) is 90.6 cm³/mol. The molecule has 2 aromatic carbocycles. The van der Waals surface area contributed by atoms with Crippen molar-refractivity contribution in [3.63, 3.8) is 0 Å². The third-order valence-corrected chi connectivity index (χ3v) is 3.66. The van der Waals surface area contributed by atoms with Crippen LogP contribution in [-0.4, -0.2) is 18.0 Å². The van der Waals surface area contributed by atoms with Crippen molar-refractivity contribution in [1.29, 1.82) is 0 Å². The Morgan fingerprint density at radius 3 is 2.35 bits per heavy atom. The second kappa shape index (κ2) is 7.09. The van der Waals surface area contributed by atoms with Gasteiger partial charge in [-0.15, -0.1) is 0 Å². The van der Waals surface area contributed by atoms with E-state index >= 15 is 0 Å². The standard InChI is InChI=1S/C19H21NO3/c1-12-9-10-17(14(3)11-12)20-18(21)15(4)23-19(22)16-8-6-5-7-13(16)2/h5-11,15H,1-4H3,(H,20,21)/t15-/m0/s1. The number of anilines is 1. The highest BCUT2D eigenvalue weighted by molar-refractivity contribution is 5.98. The van der Waals surface area contributed by atoms with Crippen LogP contribution in [-0.2, 0) is 9.53 Å². The molecule has 0 unspecified atom stereocenters. The van der Waals surface area contributed by atoms with E-state index in [-0.39, 0.29) is 5.91 Å². The zero-order chi connectivity index (χ0) is 17.0. The highest BCUT2D eigenvalue weighted by Gasteiger charge is 2.20. The molecule has 0 aliphatic carbocycles. The molecule has 4 nitrogen and oxygen atoms in total. The zero-order valence-corrected chi connectivity index (χ0v) is 13.8. The Hall–Kier alpha value is -2.62. The van der Waals surface area contributed by atoms with Crippen LogP contribution in [0.2, 0.25) is 0 Å². The largest absolute Gasteiger partial charge is 0.449 e. The molecule has 1 N–H and O–H groups in total. The van der Waals surface area contributed by atoms with Gasteiger partial charge >= 0.3 is 5.97 Å². The monoisotopic (exact) mass is 311 g/mol. The van der Waals surface area contributed by atoms with Gasteiger partial charge in [0.05, 0.1) is 5.56 Å². The van der Waals surface area contributed by atoms with E-state index in [1.807, 2.05) is 51.1 Å². The van der Waals surface area contributed by atoms with Gasteiger partial charge in [-0.05, 0) is 51.0 Å². The number of benzene rings is 2. The van der Waals surface area contributed by atoms with Crippen molar-refractivity contribution in [2.75, 3.05) is 5.32 Å². The van der Waals surface area contributed by atoms with Crippen molar-refractivity contribution in [1.82, 2.24) is 0 Å². The second-order valence-electron chi connectivity index (χ2n) is 5.67. The summed E-state index contributed by atoms with van der Waals surface area (Å²) >= 11 is 0. The molecule has 1 amide bonds. The average molecular weight is 311 g/mol. The fourth-order valence-corrected chi connectivity index (χ4v) is 2.27. The minimum atomic E-state index is -0.872. The summed E-state index contributed by atoms with van der Waals surface area (Å²) in [5, 5.41) is 2.79. The number of rotatable bonds is 4. The molecule has 0 radical (unpaired) electrons. The van der Waals surface area contributed by atoms with Crippen molar-refractivity contribution in [2.24, 2.45) is 0 Å². The van der Waals surface area contributed by atoms with Gasteiger partial charge in [0.25, 0.3) is 5.91 Å². The summed E-state index contributed by atoms with van der Waals surface area (Å²) in [5.74, 6) is -0.842. The maximum Gasteiger partial charge on any atom is 0.339 e. The van der Waals surface area contributed by atoms with E-state index in [1.54, 1.807) is 19.1 Å². The molecule has 23 heavy (non-hydrogen) atoms. The molecule has 0 saturated carbocycles. The molecule has 4 heteroatoms. The molecule has 0 saturated heterocycles. The quantitative estimate of drug-likeness (QED) is 0.874. The van der Waals surface area contributed by atoms with E-state index in [0.717, 1.165) is 22.4 Å². The SMILES string of the molecule is Cc1ccc(NC(=O)[C@H](C)OC(=O)c2ccccc2C)c(C)c1. The predicted octanol–water partition coefficient (Wildman–Crippen LogP) is 3.80. The van der Waals surface area contributed by atoms with Crippen LogP contribution in [0.3, 0.4) is 0 Å². The Morgan fingerprint density at radius 1 is 1.00 bits per heavy atom. The lowest BCUT2D eigenvalue weighted by atomic mass is 10.1. The van der Waals surface area contributed by atoms with Gasteiger partial charge in [-0.25, -0.2) is 4.79 Å². The maximum atomic E-state index is 12.2. The first kappa shape index (κ1) is 16.7. The first-order valence-corrected chi connectivity index (χ1v) is 7.53. The normalized spacial score (nSPS) is 11.7. The van der Waals surface area contributed by atoms with Crippen molar-refractivity contribution in [3.05, 3.63) is 64.7 Å². The summed E-state index contributed by atoms with van der Waals surface area (Å²) in [5.41, 5.74) is 4.10. The van der Waals surface area contributed by atoms with Crippen LogP contribution < -0.4 is 5.32 Å². The van der Waals surface area contributed by atoms with Crippen LogP contribution in [0, 0.1) is 20.8 Å². The van der Waals surface area contributed by atoms with E-state index in [9.17, 15) is 9.59 Å². The van der Waals surface area contributed by atoms with Crippen LogP contribution >= 0.6 is 0 Å². The number of carbonyl (C=O) groups excluding carboxylic acids is 2. The molecule has 0 spiro atoms. The van der Waals surface area contributed by atoms with E-state index in [2.05, 4.69) is 5.32 Å². The number of aryl methyl sites for hydroxylation is 3. The summed E-state index contributed by atoms with van der Waals surface area (Å²) < 4.78 is 5.26. The molecule has 0 aliphatic rings. The zero-order valence-electron chi connectivity index (χ0n) is 13.8. The van der Waals surface area contributed by atoms with Crippen molar-refractivity contribution in [3.8, 4) is 0 Å². The van der Waals surface area contributed by atoms with Gasteiger partial charge in [-0.1, -0.05) is 35.9 Å². The first-order valence-electron chi connectivity index (χ1n) is 7.53. The van der Waals surface area contributed by atoms with Gasteiger partial charge in [0.15, 0.2) is 6.10 Å². The maximum absolute atomic E-state index is 12.2. The fraction of sp³-hybridized carbons (Fsp3) is 0.263. The van der Waals surface area contributed by atoms with Gasteiger partial charge in [0.2, 0.25) is 0 Å². The minimum absolute atomic E-state index is 0.348. The summed E-state index contributed by atoms with van der Waals surface area (Å²) in [7, 11) is 0. The third kappa shape index (κ3) is 4.19.